The first-order valence-electron chi connectivity index (χ1n) is 5.85. The molecule has 5 heteroatoms. The Morgan fingerprint density at radius 1 is 1.65 bits per heavy atom. The van der Waals surface area contributed by atoms with Crippen LogP contribution < -0.4 is 5.32 Å². The van der Waals surface area contributed by atoms with E-state index in [0.717, 1.165) is 18.1 Å². The lowest BCUT2D eigenvalue weighted by Crippen LogP contribution is -2.36. The van der Waals surface area contributed by atoms with Gasteiger partial charge in [0.25, 0.3) is 0 Å². The minimum absolute atomic E-state index is 0.120. The van der Waals surface area contributed by atoms with Gasteiger partial charge in [0.2, 0.25) is 5.91 Å². The van der Waals surface area contributed by atoms with Crippen LogP contribution in [-0.2, 0) is 4.79 Å². The molecule has 1 aliphatic rings. The summed E-state index contributed by atoms with van der Waals surface area (Å²) in [6, 6.07) is 0.210. The summed E-state index contributed by atoms with van der Waals surface area (Å²) in [4.78, 5) is 18.0. The largest absolute Gasteiger partial charge is 0.351 e. The zero-order valence-electron chi connectivity index (χ0n) is 9.76. The highest BCUT2D eigenvalue weighted by Crippen LogP contribution is 2.25. The Morgan fingerprint density at radius 2 is 2.41 bits per heavy atom. The molecule has 0 aliphatic carbocycles. The third-order valence-corrected chi connectivity index (χ3v) is 3.85. The van der Waals surface area contributed by atoms with Gasteiger partial charge in [-0.15, -0.1) is 11.3 Å². The van der Waals surface area contributed by atoms with E-state index in [1.54, 1.807) is 11.3 Å². The third kappa shape index (κ3) is 3.14. The van der Waals surface area contributed by atoms with Crippen LogP contribution in [0.3, 0.4) is 0 Å². The van der Waals surface area contributed by atoms with E-state index in [-0.39, 0.29) is 11.9 Å². The van der Waals surface area contributed by atoms with Crippen LogP contribution in [0.4, 0.5) is 0 Å². The second-order valence-corrected chi connectivity index (χ2v) is 5.00. The summed E-state index contributed by atoms with van der Waals surface area (Å²) < 4.78 is 0. The molecule has 1 unspecified atom stereocenters. The van der Waals surface area contributed by atoms with E-state index in [2.05, 4.69) is 21.8 Å². The minimum atomic E-state index is -0.120. The third-order valence-electron chi connectivity index (χ3n) is 2.97. The van der Waals surface area contributed by atoms with Crippen molar-refractivity contribution in [2.24, 2.45) is 0 Å². The van der Waals surface area contributed by atoms with Crippen molar-refractivity contribution in [1.29, 1.82) is 0 Å². The molecular formula is C12H17N3OS. The number of thiazole rings is 1. The fourth-order valence-corrected chi connectivity index (χ4v) is 2.87. The average molecular weight is 251 g/mol. The first kappa shape index (κ1) is 12.3. The molecule has 2 heterocycles. The van der Waals surface area contributed by atoms with E-state index in [1.165, 1.54) is 18.9 Å². The van der Waals surface area contributed by atoms with Crippen LogP contribution in [0.15, 0.2) is 24.2 Å². The van der Waals surface area contributed by atoms with Crippen molar-refractivity contribution in [3.05, 3.63) is 29.2 Å². The van der Waals surface area contributed by atoms with Gasteiger partial charge in [0, 0.05) is 18.1 Å². The predicted octanol–water partition coefficient (Wildman–Crippen LogP) is 1.58. The van der Waals surface area contributed by atoms with Gasteiger partial charge in [-0.1, -0.05) is 6.58 Å². The van der Waals surface area contributed by atoms with Crippen molar-refractivity contribution in [1.82, 2.24) is 15.2 Å². The quantitative estimate of drug-likeness (QED) is 0.808. The van der Waals surface area contributed by atoms with Gasteiger partial charge in [0.15, 0.2) is 0 Å². The number of rotatable bonds is 5. The highest BCUT2D eigenvalue weighted by Gasteiger charge is 2.25. The van der Waals surface area contributed by atoms with Gasteiger partial charge >= 0.3 is 0 Å². The summed E-state index contributed by atoms with van der Waals surface area (Å²) in [5, 5.41) is 5.93. The van der Waals surface area contributed by atoms with Gasteiger partial charge < -0.3 is 5.32 Å². The van der Waals surface area contributed by atoms with Crippen LogP contribution in [0, 0.1) is 0 Å². The Labute approximate surface area is 105 Å². The van der Waals surface area contributed by atoms with Crippen LogP contribution in [0.2, 0.25) is 0 Å². The Hall–Kier alpha value is -1.20. The molecule has 0 aromatic carbocycles. The molecule has 0 bridgehead atoms. The lowest BCUT2D eigenvalue weighted by atomic mass is 10.2. The van der Waals surface area contributed by atoms with Crippen molar-refractivity contribution >= 4 is 17.2 Å². The van der Waals surface area contributed by atoms with E-state index in [9.17, 15) is 4.79 Å². The molecule has 1 amide bonds. The Bertz CT molecular complexity index is 371. The average Bonchev–Trinajstić information content (AvgIpc) is 3.01. The maximum Gasteiger partial charge on any atom is 0.243 e. The molecule has 1 N–H and O–H groups in total. The molecule has 0 saturated carbocycles. The van der Waals surface area contributed by atoms with E-state index < -0.39 is 0 Å². The Kier molecular flexibility index (Phi) is 4.28. The number of hydrogen-bond acceptors (Lipinski definition) is 4. The molecule has 92 valence electrons. The van der Waals surface area contributed by atoms with Gasteiger partial charge in [0.05, 0.1) is 6.04 Å². The second kappa shape index (κ2) is 5.93. The lowest BCUT2D eigenvalue weighted by molar-refractivity contribution is -0.116. The van der Waals surface area contributed by atoms with Crippen molar-refractivity contribution in [2.45, 2.75) is 18.9 Å². The van der Waals surface area contributed by atoms with Crippen molar-refractivity contribution in [3.8, 4) is 0 Å². The van der Waals surface area contributed by atoms with Gasteiger partial charge in [-0.25, -0.2) is 4.98 Å². The molecule has 1 aliphatic heterocycles. The predicted molar refractivity (Wildman–Crippen MR) is 68.9 cm³/mol. The summed E-state index contributed by atoms with van der Waals surface area (Å²) in [6.07, 6.45) is 5.59. The van der Waals surface area contributed by atoms with Crippen LogP contribution in [0.25, 0.3) is 0 Å². The lowest BCUT2D eigenvalue weighted by Gasteiger charge is -2.25. The van der Waals surface area contributed by atoms with Gasteiger partial charge in [-0.05, 0) is 32.0 Å². The fraction of sp³-hybridized carbons (Fsp3) is 0.500. The first-order valence-corrected chi connectivity index (χ1v) is 6.73. The van der Waals surface area contributed by atoms with Gasteiger partial charge in [0.1, 0.15) is 5.01 Å². The maximum absolute atomic E-state index is 11.2. The monoisotopic (exact) mass is 251 g/mol. The molecule has 1 saturated heterocycles. The number of aromatic nitrogens is 1. The summed E-state index contributed by atoms with van der Waals surface area (Å²) in [7, 11) is 0. The number of nitrogens with zero attached hydrogens (tertiary/aromatic N) is 2. The molecule has 0 spiro atoms. The standard InChI is InChI=1S/C12H17N3OS/c1-2-11(16)14-9-10(12-13-5-8-17-12)15-6-3-4-7-15/h2,5,8,10H,1,3-4,6-7,9H2,(H,14,16). The second-order valence-electron chi connectivity index (χ2n) is 4.08. The smallest absolute Gasteiger partial charge is 0.243 e. The number of hydrogen-bond donors (Lipinski definition) is 1. The van der Waals surface area contributed by atoms with Crippen molar-refractivity contribution in [2.75, 3.05) is 19.6 Å². The number of carbonyl (C=O) groups is 1. The van der Waals surface area contributed by atoms with E-state index in [4.69, 9.17) is 0 Å². The number of nitrogens with one attached hydrogen (secondary N) is 1. The number of carbonyl (C=O) groups excluding carboxylic acids is 1. The Morgan fingerprint density at radius 3 is 3.00 bits per heavy atom. The maximum atomic E-state index is 11.2. The zero-order valence-corrected chi connectivity index (χ0v) is 10.6. The van der Waals surface area contributed by atoms with E-state index in [0.29, 0.717) is 6.54 Å². The molecule has 1 aromatic rings. The number of likely N-dealkylation sites (tertiary alicyclic amines) is 1. The van der Waals surface area contributed by atoms with Crippen molar-refractivity contribution < 1.29 is 4.79 Å². The highest BCUT2D eigenvalue weighted by atomic mass is 32.1. The van der Waals surface area contributed by atoms with Crippen molar-refractivity contribution in [3.63, 3.8) is 0 Å². The first-order chi connectivity index (χ1) is 8.31. The molecule has 1 atom stereocenters. The van der Waals surface area contributed by atoms with Crippen LogP contribution in [0.5, 0.6) is 0 Å². The highest BCUT2D eigenvalue weighted by molar-refractivity contribution is 7.09. The molecule has 2 rings (SSSR count). The van der Waals surface area contributed by atoms with Crippen LogP contribution >= 0.6 is 11.3 Å². The zero-order chi connectivity index (χ0) is 12.1. The summed E-state index contributed by atoms with van der Waals surface area (Å²) >= 11 is 1.65. The molecular weight excluding hydrogens is 234 g/mol. The molecule has 1 fully saturated rings. The normalized spacial score (nSPS) is 17.9. The number of amides is 1. The Balaban J connectivity index is 2.02. The molecule has 17 heavy (non-hydrogen) atoms. The van der Waals surface area contributed by atoms with E-state index in [1.807, 2.05) is 11.6 Å². The molecule has 1 aromatic heterocycles. The summed E-state index contributed by atoms with van der Waals surface area (Å²) in [5.41, 5.74) is 0. The SMILES string of the molecule is C=CC(=O)NCC(c1nccs1)N1CCCC1. The van der Waals surface area contributed by atoms with Crippen LogP contribution in [0.1, 0.15) is 23.9 Å². The molecule has 4 nitrogen and oxygen atoms in total. The van der Waals surface area contributed by atoms with Gasteiger partial charge in [-0.2, -0.15) is 0 Å². The fourth-order valence-electron chi connectivity index (χ4n) is 2.09. The van der Waals surface area contributed by atoms with E-state index >= 15 is 0 Å². The topological polar surface area (TPSA) is 45.2 Å². The summed E-state index contributed by atoms with van der Waals surface area (Å²) in [5.74, 6) is -0.120. The minimum Gasteiger partial charge on any atom is -0.351 e. The molecule has 0 radical (unpaired) electrons. The van der Waals surface area contributed by atoms with Crippen LogP contribution in [-0.4, -0.2) is 35.4 Å². The van der Waals surface area contributed by atoms with Gasteiger partial charge in [-0.3, -0.25) is 9.69 Å². The summed E-state index contributed by atoms with van der Waals surface area (Å²) in [6.45, 7) is 6.25.